The Balaban J connectivity index is 1.48. The Morgan fingerprint density at radius 3 is 1.64 bits per heavy atom. The van der Waals surface area contributed by atoms with E-state index in [1.165, 1.54) is 27.4 Å². The van der Waals surface area contributed by atoms with Crippen LogP contribution in [0.3, 0.4) is 0 Å². The van der Waals surface area contributed by atoms with E-state index in [9.17, 15) is 0 Å². The van der Waals surface area contributed by atoms with Crippen molar-refractivity contribution in [1.29, 1.82) is 0 Å². The first kappa shape index (κ1) is 26.6. The SMILES string of the molecule is c1ccc(C(=Nc2ccc3c4ccccc4n(-c4cccc(-c5ccccc5)c4)c3c2-c2ccccc2)c2ccccc2)cc1. The van der Waals surface area contributed by atoms with Gasteiger partial charge in [-0.3, -0.25) is 0 Å². The minimum Gasteiger partial charge on any atom is -0.309 e. The predicted molar refractivity (Wildman–Crippen MR) is 190 cm³/mol. The van der Waals surface area contributed by atoms with Gasteiger partial charge in [-0.1, -0.05) is 158 Å². The van der Waals surface area contributed by atoms with E-state index in [1.807, 2.05) is 0 Å². The third-order valence-corrected chi connectivity index (χ3v) is 8.42. The first-order chi connectivity index (χ1) is 22.3. The molecule has 0 unspecified atom stereocenters. The van der Waals surface area contributed by atoms with Crippen LogP contribution in [0.5, 0.6) is 0 Å². The maximum absolute atomic E-state index is 5.50. The lowest BCUT2D eigenvalue weighted by molar-refractivity contribution is 1.18. The number of benzene rings is 7. The highest BCUT2D eigenvalue weighted by atomic mass is 15.0. The molecule has 0 fully saturated rings. The highest BCUT2D eigenvalue weighted by Gasteiger charge is 2.20. The van der Waals surface area contributed by atoms with Crippen molar-refractivity contribution in [3.05, 3.63) is 193 Å². The van der Waals surface area contributed by atoms with Crippen molar-refractivity contribution in [3.63, 3.8) is 0 Å². The highest BCUT2D eigenvalue weighted by Crippen LogP contribution is 2.43. The fraction of sp³-hybridized carbons (Fsp3) is 0. The number of para-hydroxylation sites is 1. The third-order valence-electron chi connectivity index (χ3n) is 8.42. The molecule has 0 bridgehead atoms. The van der Waals surface area contributed by atoms with Gasteiger partial charge < -0.3 is 4.57 Å². The van der Waals surface area contributed by atoms with Crippen LogP contribution in [0.15, 0.2) is 187 Å². The molecule has 0 aliphatic carbocycles. The van der Waals surface area contributed by atoms with E-state index in [0.29, 0.717) is 0 Å². The van der Waals surface area contributed by atoms with E-state index in [2.05, 4.69) is 187 Å². The third kappa shape index (κ3) is 4.93. The minimum absolute atomic E-state index is 0.930. The van der Waals surface area contributed by atoms with Crippen molar-refractivity contribution < 1.29 is 0 Å². The second kappa shape index (κ2) is 11.6. The summed E-state index contributed by atoms with van der Waals surface area (Å²) in [4.78, 5) is 5.50. The summed E-state index contributed by atoms with van der Waals surface area (Å²) >= 11 is 0. The molecule has 8 aromatic rings. The molecule has 0 radical (unpaired) electrons. The van der Waals surface area contributed by atoms with Gasteiger partial charge in [-0.25, -0.2) is 4.99 Å². The molecule has 0 N–H and O–H groups in total. The van der Waals surface area contributed by atoms with E-state index < -0.39 is 0 Å². The molecule has 2 heteroatoms. The summed E-state index contributed by atoms with van der Waals surface area (Å²) in [5.41, 5.74) is 12.1. The Morgan fingerprint density at radius 2 is 0.978 bits per heavy atom. The highest BCUT2D eigenvalue weighted by molar-refractivity contribution is 6.18. The molecule has 0 aliphatic rings. The number of rotatable bonds is 6. The van der Waals surface area contributed by atoms with Crippen molar-refractivity contribution >= 4 is 33.2 Å². The molecule has 212 valence electrons. The molecule has 45 heavy (non-hydrogen) atoms. The zero-order valence-electron chi connectivity index (χ0n) is 24.7. The maximum atomic E-state index is 5.50. The van der Waals surface area contributed by atoms with E-state index in [0.717, 1.165) is 44.9 Å². The molecule has 0 saturated carbocycles. The summed E-state index contributed by atoms with van der Waals surface area (Å²) in [5.74, 6) is 0. The van der Waals surface area contributed by atoms with Gasteiger partial charge in [-0.2, -0.15) is 0 Å². The average Bonchev–Trinajstić information content (AvgIpc) is 3.46. The van der Waals surface area contributed by atoms with E-state index >= 15 is 0 Å². The second-order valence-corrected chi connectivity index (χ2v) is 11.2. The molecule has 0 saturated heterocycles. The van der Waals surface area contributed by atoms with Crippen LogP contribution in [0, 0.1) is 0 Å². The topological polar surface area (TPSA) is 17.3 Å². The van der Waals surface area contributed by atoms with E-state index in [-0.39, 0.29) is 0 Å². The average molecular weight is 575 g/mol. The molecular formula is C43H30N2. The Bertz CT molecular complexity index is 2240. The maximum Gasteiger partial charge on any atom is 0.0781 e. The lowest BCUT2D eigenvalue weighted by Crippen LogP contribution is -2.03. The van der Waals surface area contributed by atoms with Gasteiger partial charge in [0.15, 0.2) is 0 Å². The molecule has 0 aliphatic heterocycles. The summed E-state index contributed by atoms with van der Waals surface area (Å²) in [7, 11) is 0. The quantitative estimate of drug-likeness (QED) is 0.176. The first-order valence-corrected chi connectivity index (χ1v) is 15.3. The zero-order chi connectivity index (χ0) is 30.0. The number of hydrogen-bond acceptors (Lipinski definition) is 1. The Hall–Kier alpha value is -5.99. The summed E-state index contributed by atoms with van der Waals surface area (Å²) < 4.78 is 2.42. The van der Waals surface area contributed by atoms with Gasteiger partial charge in [0, 0.05) is 33.2 Å². The van der Waals surface area contributed by atoms with Gasteiger partial charge in [0.1, 0.15) is 0 Å². The number of aliphatic imine (C=N–C) groups is 1. The van der Waals surface area contributed by atoms with Gasteiger partial charge in [-0.05, 0) is 41.0 Å². The monoisotopic (exact) mass is 574 g/mol. The molecule has 2 nitrogen and oxygen atoms in total. The zero-order valence-corrected chi connectivity index (χ0v) is 24.7. The lowest BCUT2D eigenvalue weighted by atomic mass is 9.98. The lowest BCUT2D eigenvalue weighted by Gasteiger charge is -2.16. The van der Waals surface area contributed by atoms with Crippen LogP contribution in [0.1, 0.15) is 11.1 Å². The van der Waals surface area contributed by atoms with Crippen LogP contribution in [0.25, 0.3) is 49.7 Å². The Kier molecular flexibility index (Phi) is 6.86. The molecule has 0 amide bonds. The normalized spacial score (nSPS) is 11.1. The largest absolute Gasteiger partial charge is 0.309 e. The van der Waals surface area contributed by atoms with Crippen molar-refractivity contribution in [3.8, 4) is 27.9 Å². The number of hydrogen-bond donors (Lipinski definition) is 0. The Labute approximate surface area is 263 Å². The van der Waals surface area contributed by atoms with Crippen molar-refractivity contribution in [2.24, 2.45) is 4.99 Å². The summed E-state index contributed by atoms with van der Waals surface area (Å²) in [6, 6.07) is 64.2. The Morgan fingerprint density at radius 1 is 0.422 bits per heavy atom. The van der Waals surface area contributed by atoms with Crippen LogP contribution >= 0.6 is 0 Å². The van der Waals surface area contributed by atoms with Gasteiger partial charge in [-0.15, -0.1) is 0 Å². The number of fused-ring (bicyclic) bond motifs is 3. The fourth-order valence-electron chi connectivity index (χ4n) is 6.36. The van der Waals surface area contributed by atoms with Crippen LogP contribution in [0.2, 0.25) is 0 Å². The number of aromatic nitrogens is 1. The van der Waals surface area contributed by atoms with Crippen LogP contribution in [-0.2, 0) is 0 Å². The standard InChI is InChI=1S/C43H30N2/c1-5-16-31(17-6-1)35-24-15-25-36(30-35)45-40-27-14-13-26-37(40)38-28-29-39(41(43(38)45)32-18-7-2-8-19-32)44-42(33-20-9-3-10-21-33)34-22-11-4-12-23-34/h1-30H. The summed E-state index contributed by atoms with van der Waals surface area (Å²) in [6.07, 6.45) is 0. The molecular weight excluding hydrogens is 544 g/mol. The summed E-state index contributed by atoms with van der Waals surface area (Å²) in [5, 5.41) is 2.42. The molecule has 0 atom stereocenters. The van der Waals surface area contributed by atoms with Crippen molar-refractivity contribution in [2.75, 3.05) is 0 Å². The minimum atomic E-state index is 0.930. The second-order valence-electron chi connectivity index (χ2n) is 11.2. The fourth-order valence-corrected chi connectivity index (χ4v) is 6.36. The smallest absolute Gasteiger partial charge is 0.0781 e. The van der Waals surface area contributed by atoms with E-state index in [4.69, 9.17) is 4.99 Å². The van der Waals surface area contributed by atoms with Crippen molar-refractivity contribution in [2.45, 2.75) is 0 Å². The van der Waals surface area contributed by atoms with Gasteiger partial charge in [0.25, 0.3) is 0 Å². The van der Waals surface area contributed by atoms with Crippen LogP contribution < -0.4 is 0 Å². The van der Waals surface area contributed by atoms with Gasteiger partial charge >= 0.3 is 0 Å². The van der Waals surface area contributed by atoms with Crippen molar-refractivity contribution in [1.82, 2.24) is 4.57 Å². The van der Waals surface area contributed by atoms with Gasteiger partial charge in [0.05, 0.1) is 22.4 Å². The predicted octanol–water partition coefficient (Wildman–Crippen LogP) is 11.3. The summed E-state index contributed by atoms with van der Waals surface area (Å²) in [6.45, 7) is 0. The molecule has 1 aromatic heterocycles. The number of nitrogens with zero attached hydrogens (tertiary/aromatic N) is 2. The molecule has 0 spiro atoms. The molecule has 7 aromatic carbocycles. The molecule has 8 rings (SSSR count). The molecule has 1 heterocycles. The first-order valence-electron chi connectivity index (χ1n) is 15.3. The van der Waals surface area contributed by atoms with Crippen LogP contribution in [0.4, 0.5) is 5.69 Å². The van der Waals surface area contributed by atoms with Gasteiger partial charge in [0.2, 0.25) is 0 Å². The van der Waals surface area contributed by atoms with Crippen LogP contribution in [-0.4, -0.2) is 10.3 Å². The van der Waals surface area contributed by atoms with E-state index in [1.54, 1.807) is 0 Å².